The van der Waals surface area contributed by atoms with Crippen LogP contribution in [0.2, 0.25) is 5.02 Å². The molecule has 0 saturated carbocycles. The van der Waals surface area contributed by atoms with Crippen LogP contribution in [0.25, 0.3) is 11.3 Å². The number of amides is 2. The minimum absolute atomic E-state index is 0.0849. The van der Waals surface area contributed by atoms with E-state index in [9.17, 15) is 18.4 Å². The number of hydrogen-bond acceptors (Lipinski definition) is 3. The molecule has 0 aliphatic carbocycles. The molecule has 9 heteroatoms. The molecular formula is C21H17ClF2N4O2. The second-order valence-electron chi connectivity index (χ2n) is 7.01. The third-order valence-corrected chi connectivity index (χ3v) is 5.25. The predicted molar refractivity (Wildman–Crippen MR) is 107 cm³/mol. The number of aromatic nitrogens is 2. The fraction of sp³-hybridized carbons (Fsp3) is 0.190. The summed E-state index contributed by atoms with van der Waals surface area (Å²) < 4.78 is 28.2. The lowest BCUT2D eigenvalue weighted by Crippen LogP contribution is -2.40. The molecule has 0 saturated heterocycles. The molecular weight excluding hydrogens is 414 g/mol. The summed E-state index contributed by atoms with van der Waals surface area (Å²) in [6, 6.07) is 10.3. The van der Waals surface area contributed by atoms with Gasteiger partial charge in [0.15, 0.2) is 11.6 Å². The van der Waals surface area contributed by atoms with E-state index >= 15 is 0 Å². The Kier molecular flexibility index (Phi) is 5.26. The first-order valence-electron chi connectivity index (χ1n) is 9.20. The summed E-state index contributed by atoms with van der Waals surface area (Å²) in [4.78, 5) is 26.5. The molecule has 154 valence electrons. The fourth-order valence-electron chi connectivity index (χ4n) is 3.56. The smallest absolute Gasteiger partial charge is 0.252 e. The molecule has 30 heavy (non-hydrogen) atoms. The minimum Gasteiger partial charge on any atom is -0.365 e. The van der Waals surface area contributed by atoms with Crippen molar-refractivity contribution in [2.75, 3.05) is 6.54 Å². The Morgan fingerprint density at radius 3 is 2.60 bits per heavy atom. The summed E-state index contributed by atoms with van der Waals surface area (Å²) in [5.41, 5.74) is 7.83. The van der Waals surface area contributed by atoms with Gasteiger partial charge in [-0.05, 0) is 29.8 Å². The second-order valence-corrected chi connectivity index (χ2v) is 7.45. The van der Waals surface area contributed by atoms with Gasteiger partial charge in [0.25, 0.3) is 5.91 Å². The number of fused-ring (bicyclic) bond motifs is 1. The summed E-state index contributed by atoms with van der Waals surface area (Å²) in [6.07, 6.45) is -0.0849. The Morgan fingerprint density at radius 1 is 1.10 bits per heavy atom. The van der Waals surface area contributed by atoms with Gasteiger partial charge in [-0.1, -0.05) is 29.8 Å². The van der Waals surface area contributed by atoms with Gasteiger partial charge in [-0.25, -0.2) is 8.78 Å². The van der Waals surface area contributed by atoms with Gasteiger partial charge in [-0.15, -0.1) is 0 Å². The summed E-state index contributed by atoms with van der Waals surface area (Å²) in [7, 11) is 0. The van der Waals surface area contributed by atoms with Crippen molar-refractivity contribution in [3.8, 4) is 11.3 Å². The van der Waals surface area contributed by atoms with Crippen LogP contribution in [0.1, 0.15) is 21.6 Å². The van der Waals surface area contributed by atoms with Gasteiger partial charge in [-0.2, -0.15) is 5.10 Å². The monoisotopic (exact) mass is 430 g/mol. The number of rotatable bonds is 4. The second kappa shape index (κ2) is 7.87. The maximum absolute atomic E-state index is 13.4. The average Bonchev–Trinajstić information content (AvgIpc) is 3.10. The molecule has 2 amide bonds. The zero-order chi connectivity index (χ0) is 21.4. The van der Waals surface area contributed by atoms with Crippen LogP contribution in [0, 0.1) is 11.6 Å². The topological polar surface area (TPSA) is 81.2 Å². The molecule has 0 radical (unpaired) electrons. The molecule has 6 nitrogen and oxygen atoms in total. The molecule has 2 aromatic carbocycles. The third-order valence-electron chi connectivity index (χ3n) is 5.02. The lowest BCUT2D eigenvalue weighted by atomic mass is 10.0. The molecule has 4 rings (SSSR count). The van der Waals surface area contributed by atoms with Crippen molar-refractivity contribution >= 4 is 23.4 Å². The van der Waals surface area contributed by atoms with Crippen molar-refractivity contribution in [3.63, 3.8) is 0 Å². The van der Waals surface area contributed by atoms with Crippen LogP contribution >= 0.6 is 11.6 Å². The number of halogens is 3. The first-order valence-corrected chi connectivity index (χ1v) is 9.58. The van der Waals surface area contributed by atoms with Crippen molar-refractivity contribution in [1.29, 1.82) is 0 Å². The van der Waals surface area contributed by atoms with Crippen LogP contribution in [0.5, 0.6) is 0 Å². The molecule has 0 atom stereocenters. The Hall–Kier alpha value is -3.26. The quantitative estimate of drug-likeness (QED) is 0.690. The summed E-state index contributed by atoms with van der Waals surface area (Å²) in [5, 5.41) is 5.01. The van der Waals surface area contributed by atoms with E-state index in [1.54, 1.807) is 33.8 Å². The van der Waals surface area contributed by atoms with Crippen LogP contribution in [0.3, 0.4) is 0 Å². The van der Waals surface area contributed by atoms with Gasteiger partial charge in [0.1, 0.15) is 5.69 Å². The van der Waals surface area contributed by atoms with E-state index in [1.807, 2.05) is 0 Å². The minimum atomic E-state index is -1.00. The number of hydrogen-bond donors (Lipinski definition) is 1. The fourth-order valence-corrected chi connectivity index (χ4v) is 3.75. The molecule has 1 aliphatic rings. The normalized spacial score (nSPS) is 13.2. The standard InChI is InChI=1S/C21H17ClF2N4O2/c22-14-3-1-2-13(10-14)20-19(21(25)30)17-11-27(6-7-28(17)26-20)18(29)9-12-4-5-15(23)16(24)8-12/h1-5,8,10H,6-7,9,11H2,(H2,25,30). The SMILES string of the molecule is NC(=O)c1c(-c2cccc(Cl)c2)nn2c1CN(C(=O)Cc1ccc(F)c(F)c1)CC2. The zero-order valence-electron chi connectivity index (χ0n) is 15.7. The highest BCUT2D eigenvalue weighted by Crippen LogP contribution is 2.29. The summed E-state index contributed by atoms with van der Waals surface area (Å²) >= 11 is 6.06. The maximum atomic E-state index is 13.4. The molecule has 0 spiro atoms. The Balaban J connectivity index is 1.62. The van der Waals surface area contributed by atoms with E-state index in [-0.39, 0.29) is 24.4 Å². The first kappa shape index (κ1) is 20.0. The molecule has 0 unspecified atom stereocenters. The summed E-state index contributed by atoms with van der Waals surface area (Å²) in [5.74, 6) is -2.89. The Bertz CT molecular complexity index is 1160. The molecule has 0 bridgehead atoms. The van der Waals surface area contributed by atoms with Crippen LogP contribution in [-0.2, 0) is 24.3 Å². The summed E-state index contributed by atoms with van der Waals surface area (Å²) in [6.45, 7) is 0.873. The average molecular weight is 431 g/mol. The van der Waals surface area contributed by atoms with E-state index in [0.717, 1.165) is 12.1 Å². The molecule has 0 fully saturated rings. The van der Waals surface area contributed by atoms with Crippen molar-refractivity contribution in [2.45, 2.75) is 19.5 Å². The van der Waals surface area contributed by atoms with E-state index in [4.69, 9.17) is 17.3 Å². The van der Waals surface area contributed by atoms with Crippen molar-refractivity contribution in [2.24, 2.45) is 5.73 Å². The first-order chi connectivity index (χ1) is 14.3. The van der Waals surface area contributed by atoms with E-state index < -0.39 is 17.5 Å². The number of benzene rings is 2. The highest BCUT2D eigenvalue weighted by Gasteiger charge is 2.29. The number of nitrogens with zero attached hydrogens (tertiary/aromatic N) is 3. The largest absolute Gasteiger partial charge is 0.365 e. The molecule has 2 heterocycles. The van der Waals surface area contributed by atoms with Crippen molar-refractivity contribution < 1.29 is 18.4 Å². The van der Waals surface area contributed by atoms with E-state index in [0.29, 0.717) is 40.6 Å². The van der Waals surface area contributed by atoms with Gasteiger partial charge < -0.3 is 10.6 Å². The van der Waals surface area contributed by atoms with Crippen LogP contribution < -0.4 is 5.73 Å². The highest BCUT2D eigenvalue weighted by molar-refractivity contribution is 6.30. The number of carbonyl (C=O) groups is 2. The van der Waals surface area contributed by atoms with Crippen LogP contribution in [-0.4, -0.2) is 33.0 Å². The number of primary amides is 1. The zero-order valence-corrected chi connectivity index (χ0v) is 16.5. The molecule has 3 aromatic rings. The van der Waals surface area contributed by atoms with Crippen molar-refractivity contribution in [1.82, 2.24) is 14.7 Å². The lowest BCUT2D eigenvalue weighted by Gasteiger charge is -2.28. The van der Waals surface area contributed by atoms with Gasteiger partial charge in [0.2, 0.25) is 5.91 Å². The van der Waals surface area contributed by atoms with Crippen LogP contribution in [0.4, 0.5) is 8.78 Å². The van der Waals surface area contributed by atoms with Gasteiger partial charge in [0.05, 0.1) is 30.8 Å². The van der Waals surface area contributed by atoms with Gasteiger partial charge in [-0.3, -0.25) is 14.3 Å². The van der Waals surface area contributed by atoms with E-state index in [1.165, 1.54) is 6.07 Å². The molecule has 1 aliphatic heterocycles. The highest BCUT2D eigenvalue weighted by atomic mass is 35.5. The van der Waals surface area contributed by atoms with E-state index in [2.05, 4.69) is 5.10 Å². The van der Waals surface area contributed by atoms with Crippen LogP contribution in [0.15, 0.2) is 42.5 Å². The van der Waals surface area contributed by atoms with Gasteiger partial charge >= 0.3 is 0 Å². The molecule has 1 aromatic heterocycles. The lowest BCUT2D eigenvalue weighted by molar-refractivity contribution is -0.132. The number of carbonyl (C=O) groups excluding carboxylic acids is 2. The number of nitrogens with two attached hydrogens (primary N) is 1. The maximum Gasteiger partial charge on any atom is 0.252 e. The Labute approximate surface area is 175 Å². The Morgan fingerprint density at radius 2 is 1.90 bits per heavy atom. The predicted octanol–water partition coefficient (Wildman–Crippen LogP) is 3.17. The third kappa shape index (κ3) is 3.78. The molecule has 2 N–H and O–H groups in total. The van der Waals surface area contributed by atoms with Gasteiger partial charge in [0, 0.05) is 17.1 Å². The van der Waals surface area contributed by atoms with Crippen molar-refractivity contribution in [3.05, 3.63) is 75.9 Å².